The Bertz CT molecular complexity index is 658. The number of benzene rings is 1. The molecule has 4 rings (SSSR count). The fraction of sp³-hybridized carbons (Fsp3) is 0.619. The van der Waals surface area contributed by atoms with Gasteiger partial charge in [-0.25, -0.2) is 0 Å². The largest absolute Gasteiger partial charge is 0.342 e. The maximum atomic E-state index is 13.2. The lowest BCUT2D eigenvalue weighted by molar-refractivity contribution is -0.143. The van der Waals surface area contributed by atoms with Crippen molar-refractivity contribution in [1.82, 2.24) is 9.80 Å². The van der Waals surface area contributed by atoms with Crippen LogP contribution in [0.3, 0.4) is 0 Å². The van der Waals surface area contributed by atoms with Gasteiger partial charge in [-0.2, -0.15) is 0 Å². The van der Waals surface area contributed by atoms with Crippen LogP contribution in [0.4, 0.5) is 0 Å². The number of carbonyl (C=O) groups is 2. The molecule has 25 heavy (non-hydrogen) atoms. The number of hydrogen-bond donors (Lipinski definition) is 0. The van der Waals surface area contributed by atoms with Crippen molar-refractivity contribution in [3.05, 3.63) is 35.9 Å². The SMILES string of the molecule is CCN1CC2(CCC1=O)CCN(C(=O)C1(c3ccccc3)CC1)CC2. The van der Waals surface area contributed by atoms with E-state index in [4.69, 9.17) is 0 Å². The standard InChI is InChI=1S/C21H28N2O2/c1-2-22-16-20(9-8-18(22)24)12-14-23(15-13-20)19(25)21(10-11-21)17-6-4-3-5-7-17/h3-7H,2,8-16H2,1H3. The second-order valence-electron chi connectivity index (χ2n) is 8.15. The molecule has 4 heteroatoms. The van der Waals surface area contributed by atoms with Gasteiger partial charge < -0.3 is 9.80 Å². The van der Waals surface area contributed by atoms with Crippen LogP contribution in [-0.2, 0) is 15.0 Å². The highest BCUT2D eigenvalue weighted by Crippen LogP contribution is 2.50. The third-order valence-electron chi connectivity index (χ3n) is 6.73. The average molecular weight is 340 g/mol. The van der Waals surface area contributed by atoms with Crippen LogP contribution >= 0.6 is 0 Å². The first-order valence-corrected chi connectivity index (χ1v) is 9.71. The molecule has 0 radical (unpaired) electrons. The smallest absolute Gasteiger partial charge is 0.233 e. The Labute approximate surface area is 150 Å². The molecule has 134 valence electrons. The summed E-state index contributed by atoms with van der Waals surface area (Å²) in [6, 6.07) is 10.3. The summed E-state index contributed by atoms with van der Waals surface area (Å²) in [7, 11) is 0. The molecular weight excluding hydrogens is 312 g/mol. The van der Waals surface area contributed by atoms with E-state index < -0.39 is 0 Å². The molecule has 0 atom stereocenters. The molecular formula is C21H28N2O2. The van der Waals surface area contributed by atoms with Crippen molar-refractivity contribution in [1.29, 1.82) is 0 Å². The van der Waals surface area contributed by atoms with Gasteiger partial charge in [0.25, 0.3) is 0 Å². The van der Waals surface area contributed by atoms with Crippen LogP contribution in [0.15, 0.2) is 30.3 Å². The van der Waals surface area contributed by atoms with Gasteiger partial charge in [0, 0.05) is 32.6 Å². The Balaban J connectivity index is 1.42. The molecule has 0 N–H and O–H groups in total. The third-order valence-corrected chi connectivity index (χ3v) is 6.73. The van der Waals surface area contributed by atoms with Crippen LogP contribution in [-0.4, -0.2) is 47.8 Å². The Morgan fingerprint density at radius 1 is 1.04 bits per heavy atom. The Kier molecular flexibility index (Phi) is 4.09. The summed E-state index contributed by atoms with van der Waals surface area (Å²) in [6.45, 7) is 5.44. The molecule has 2 amide bonds. The van der Waals surface area contributed by atoms with Crippen molar-refractivity contribution in [2.45, 2.75) is 50.9 Å². The van der Waals surface area contributed by atoms with Gasteiger partial charge in [-0.3, -0.25) is 9.59 Å². The van der Waals surface area contributed by atoms with E-state index in [1.807, 2.05) is 23.1 Å². The van der Waals surface area contributed by atoms with Crippen molar-refractivity contribution in [2.75, 3.05) is 26.2 Å². The molecule has 3 fully saturated rings. The quantitative estimate of drug-likeness (QED) is 0.849. The van der Waals surface area contributed by atoms with Crippen molar-refractivity contribution >= 4 is 11.8 Å². The summed E-state index contributed by atoms with van der Waals surface area (Å²) < 4.78 is 0. The van der Waals surface area contributed by atoms with Gasteiger partial charge in [0.05, 0.1) is 5.41 Å². The summed E-state index contributed by atoms with van der Waals surface area (Å²) >= 11 is 0. The lowest BCUT2D eigenvalue weighted by Gasteiger charge is -2.47. The molecule has 1 saturated carbocycles. The maximum absolute atomic E-state index is 13.2. The minimum atomic E-state index is -0.246. The topological polar surface area (TPSA) is 40.6 Å². The summed E-state index contributed by atoms with van der Waals surface area (Å²) in [6.07, 6.45) is 5.70. The predicted molar refractivity (Wildman–Crippen MR) is 97.1 cm³/mol. The first-order chi connectivity index (χ1) is 12.1. The van der Waals surface area contributed by atoms with Gasteiger partial charge in [0.2, 0.25) is 11.8 Å². The van der Waals surface area contributed by atoms with E-state index in [0.717, 1.165) is 58.3 Å². The Morgan fingerprint density at radius 2 is 1.72 bits per heavy atom. The minimum Gasteiger partial charge on any atom is -0.342 e. The number of piperidine rings is 2. The normalized spacial score (nSPS) is 24.4. The van der Waals surface area contributed by atoms with Gasteiger partial charge in [0.1, 0.15) is 0 Å². The van der Waals surface area contributed by atoms with Crippen molar-refractivity contribution < 1.29 is 9.59 Å². The van der Waals surface area contributed by atoms with E-state index in [0.29, 0.717) is 18.2 Å². The van der Waals surface area contributed by atoms with Gasteiger partial charge in [-0.05, 0) is 50.0 Å². The second kappa shape index (κ2) is 6.15. The molecule has 0 bridgehead atoms. The number of likely N-dealkylation sites (tertiary alicyclic amines) is 2. The lowest BCUT2D eigenvalue weighted by Crippen LogP contribution is -2.53. The summed E-state index contributed by atoms with van der Waals surface area (Å²) in [4.78, 5) is 29.3. The van der Waals surface area contributed by atoms with Crippen molar-refractivity contribution in [2.24, 2.45) is 5.41 Å². The molecule has 1 aliphatic carbocycles. The first kappa shape index (κ1) is 16.6. The molecule has 2 heterocycles. The van der Waals surface area contributed by atoms with E-state index in [9.17, 15) is 9.59 Å². The van der Waals surface area contributed by atoms with Gasteiger partial charge in [0.15, 0.2) is 0 Å². The minimum absolute atomic E-state index is 0.240. The third kappa shape index (κ3) is 2.86. The van der Waals surface area contributed by atoms with Crippen LogP contribution in [0.2, 0.25) is 0 Å². The molecule has 2 aliphatic heterocycles. The number of rotatable bonds is 3. The monoisotopic (exact) mass is 340 g/mol. The Hall–Kier alpha value is -1.84. The van der Waals surface area contributed by atoms with E-state index in [2.05, 4.69) is 24.0 Å². The summed E-state index contributed by atoms with van der Waals surface area (Å²) in [5, 5.41) is 0. The molecule has 1 aromatic rings. The molecule has 1 aromatic carbocycles. The van der Waals surface area contributed by atoms with Crippen LogP contribution in [0.1, 0.15) is 51.0 Å². The number of hydrogen-bond acceptors (Lipinski definition) is 2. The molecule has 3 aliphatic rings. The molecule has 0 unspecified atom stereocenters. The predicted octanol–water partition coefficient (Wildman–Crippen LogP) is 2.97. The number of nitrogens with zero attached hydrogens (tertiary/aromatic N) is 2. The van der Waals surface area contributed by atoms with Gasteiger partial charge in [-0.15, -0.1) is 0 Å². The highest BCUT2D eigenvalue weighted by Gasteiger charge is 2.54. The second-order valence-corrected chi connectivity index (χ2v) is 8.15. The maximum Gasteiger partial charge on any atom is 0.233 e. The van der Waals surface area contributed by atoms with Crippen LogP contribution in [0.25, 0.3) is 0 Å². The van der Waals surface area contributed by atoms with E-state index >= 15 is 0 Å². The molecule has 4 nitrogen and oxygen atoms in total. The van der Waals surface area contributed by atoms with E-state index in [1.54, 1.807) is 0 Å². The zero-order valence-electron chi connectivity index (χ0n) is 15.2. The lowest BCUT2D eigenvalue weighted by atomic mass is 9.72. The molecule has 2 saturated heterocycles. The van der Waals surface area contributed by atoms with Crippen LogP contribution < -0.4 is 0 Å². The van der Waals surface area contributed by atoms with Crippen molar-refractivity contribution in [3.8, 4) is 0 Å². The number of amides is 2. The fourth-order valence-electron chi connectivity index (χ4n) is 4.79. The number of carbonyl (C=O) groups excluding carboxylic acids is 2. The van der Waals surface area contributed by atoms with E-state index in [1.165, 1.54) is 5.56 Å². The highest BCUT2D eigenvalue weighted by molar-refractivity contribution is 5.91. The summed E-state index contributed by atoms with van der Waals surface area (Å²) in [5.74, 6) is 0.625. The van der Waals surface area contributed by atoms with Crippen molar-refractivity contribution in [3.63, 3.8) is 0 Å². The van der Waals surface area contributed by atoms with Gasteiger partial charge >= 0.3 is 0 Å². The van der Waals surface area contributed by atoms with Crippen LogP contribution in [0.5, 0.6) is 0 Å². The van der Waals surface area contributed by atoms with Crippen LogP contribution in [0, 0.1) is 5.41 Å². The molecule has 0 aromatic heterocycles. The average Bonchev–Trinajstić information content (AvgIpc) is 3.47. The zero-order chi connectivity index (χ0) is 17.5. The first-order valence-electron chi connectivity index (χ1n) is 9.71. The zero-order valence-corrected chi connectivity index (χ0v) is 15.2. The van der Waals surface area contributed by atoms with Gasteiger partial charge in [-0.1, -0.05) is 30.3 Å². The molecule has 1 spiro atoms. The Morgan fingerprint density at radius 3 is 2.32 bits per heavy atom. The highest BCUT2D eigenvalue weighted by atomic mass is 16.2. The fourth-order valence-corrected chi connectivity index (χ4v) is 4.79. The van der Waals surface area contributed by atoms with E-state index in [-0.39, 0.29) is 10.8 Å². The summed E-state index contributed by atoms with van der Waals surface area (Å²) in [5.41, 5.74) is 1.18.